The van der Waals surface area contributed by atoms with E-state index >= 15 is 0 Å². The van der Waals surface area contributed by atoms with Crippen LogP contribution in [0.1, 0.15) is 5.56 Å². The van der Waals surface area contributed by atoms with Crippen molar-refractivity contribution in [1.29, 1.82) is 0 Å². The van der Waals surface area contributed by atoms with E-state index in [4.69, 9.17) is 4.84 Å². The van der Waals surface area contributed by atoms with Crippen molar-refractivity contribution >= 4 is 18.7 Å². The molecule has 0 aliphatic carbocycles. The van der Waals surface area contributed by atoms with Crippen LogP contribution in [-0.4, -0.2) is 63.5 Å². The summed E-state index contributed by atoms with van der Waals surface area (Å²) in [6.45, 7) is 6.69. The molecular formula is C13H17BN4O3. The quantitative estimate of drug-likeness (QED) is 0.631. The van der Waals surface area contributed by atoms with Crippen LogP contribution in [0.4, 0.5) is 4.79 Å². The summed E-state index contributed by atoms with van der Waals surface area (Å²) in [7, 11) is -0.672. The van der Waals surface area contributed by atoms with Crippen molar-refractivity contribution < 1.29 is 14.7 Å². The van der Waals surface area contributed by atoms with E-state index in [0.717, 1.165) is 11.1 Å². The molecule has 110 valence electrons. The molecule has 3 heterocycles. The number of carbonyl (C=O) groups is 1. The molecule has 0 spiro atoms. The van der Waals surface area contributed by atoms with E-state index in [9.17, 15) is 9.82 Å². The van der Waals surface area contributed by atoms with Crippen molar-refractivity contribution in [1.82, 2.24) is 19.7 Å². The molecule has 1 aromatic heterocycles. The van der Waals surface area contributed by atoms with Crippen molar-refractivity contribution in [2.24, 2.45) is 0 Å². The smallest absolute Gasteiger partial charge is 0.431 e. The van der Waals surface area contributed by atoms with E-state index in [1.165, 1.54) is 9.66 Å². The van der Waals surface area contributed by atoms with Crippen molar-refractivity contribution in [3.63, 3.8) is 0 Å². The summed E-state index contributed by atoms with van der Waals surface area (Å²) < 4.78 is 1.48. The lowest BCUT2D eigenvalue weighted by Gasteiger charge is -2.20. The second-order valence-electron chi connectivity index (χ2n) is 5.17. The van der Waals surface area contributed by atoms with Crippen LogP contribution in [0, 0.1) is 0 Å². The summed E-state index contributed by atoms with van der Waals surface area (Å²) in [6.07, 6.45) is 7.11. The molecule has 8 heteroatoms. The van der Waals surface area contributed by atoms with Crippen LogP contribution >= 0.6 is 0 Å². The van der Waals surface area contributed by atoms with E-state index in [-0.39, 0.29) is 12.1 Å². The number of fused-ring (bicyclic) bond motifs is 2. The summed E-state index contributed by atoms with van der Waals surface area (Å²) >= 11 is 0. The highest BCUT2D eigenvalue weighted by Crippen LogP contribution is 2.29. The first-order valence-corrected chi connectivity index (χ1v) is 6.85. The SMILES string of the molecule is C=CCON1C(=O)N2CC(c3cnn(B(C)O)c3)=CC1C2. The Bertz CT molecular complexity index is 598. The molecule has 1 atom stereocenters. The number of hydrogen-bond donors (Lipinski definition) is 1. The standard InChI is InChI=1S/C13H17BN4O3/c1-3-4-21-18-12-5-10(7-16(9-12)13(18)19)11-6-15-17(8-11)14(2)20/h3,5-6,8,12,20H,1,4,7,9H2,2H3. The second-order valence-corrected chi connectivity index (χ2v) is 5.17. The van der Waals surface area contributed by atoms with E-state index in [2.05, 4.69) is 11.7 Å². The Morgan fingerprint density at radius 3 is 3.14 bits per heavy atom. The Hall–Kier alpha value is -2.06. The molecule has 1 unspecified atom stereocenters. The predicted molar refractivity (Wildman–Crippen MR) is 78.2 cm³/mol. The number of aromatic nitrogens is 2. The highest BCUT2D eigenvalue weighted by atomic mass is 16.7. The lowest BCUT2D eigenvalue weighted by Crippen LogP contribution is -2.33. The van der Waals surface area contributed by atoms with Crippen LogP contribution in [0.3, 0.4) is 0 Å². The van der Waals surface area contributed by atoms with Gasteiger partial charge in [0.1, 0.15) is 0 Å². The number of hydroxylamine groups is 2. The molecule has 1 saturated heterocycles. The monoisotopic (exact) mass is 288 g/mol. The molecule has 1 N–H and O–H groups in total. The molecule has 1 fully saturated rings. The van der Waals surface area contributed by atoms with Gasteiger partial charge in [-0.1, -0.05) is 12.2 Å². The second kappa shape index (κ2) is 5.38. The minimum Gasteiger partial charge on any atom is -0.431 e. The minimum absolute atomic E-state index is 0.101. The predicted octanol–water partition coefficient (Wildman–Crippen LogP) is 0.462. The summed E-state index contributed by atoms with van der Waals surface area (Å²) in [5.74, 6) is 0. The van der Waals surface area contributed by atoms with Gasteiger partial charge in [0, 0.05) is 24.8 Å². The van der Waals surface area contributed by atoms with Gasteiger partial charge in [0.2, 0.25) is 0 Å². The normalized spacial score (nSPS) is 20.8. The number of urea groups is 1. The van der Waals surface area contributed by atoms with Crippen molar-refractivity contribution in [3.05, 3.63) is 36.7 Å². The molecule has 1 aromatic rings. The number of hydrogen-bond acceptors (Lipinski definition) is 4. The Balaban J connectivity index is 1.82. The van der Waals surface area contributed by atoms with Gasteiger partial charge in [-0.25, -0.2) is 4.79 Å². The van der Waals surface area contributed by atoms with Crippen molar-refractivity contribution in [3.8, 4) is 0 Å². The largest absolute Gasteiger partial charge is 0.431 e. The number of rotatable bonds is 5. The molecule has 0 radical (unpaired) electrons. The van der Waals surface area contributed by atoms with Crippen LogP contribution in [0.25, 0.3) is 5.57 Å². The van der Waals surface area contributed by atoms with Crippen LogP contribution < -0.4 is 0 Å². The first kappa shape index (κ1) is 13.9. The van der Waals surface area contributed by atoms with Crippen LogP contribution in [0.2, 0.25) is 6.82 Å². The third kappa shape index (κ3) is 2.47. The summed E-state index contributed by atoms with van der Waals surface area (Å²) in [5.41, 5.74) is 1.92. The molecule has 2 bridgehead atoms. The van der Waals surface area contributed by atoms with E-state index in [1.807, 2.05) is 6.08 Å². The number of carbonyl (C=O) groups excluding carboxylic acids is 1. The molecule has 0 saturated carbocycles. The fourth-order valence-corrected chi connectivity index (χ4v) is 2.58. The van der Waals surface area contributed by atoms with Crippen LogP contribution in [-0.2, 0) is 4.84 Å². The third-order valence-electron chi connectivity index (χ3n) is 3.61. The van der Waals surface area contributed by atoms with Gasteiger partial charge >= 0.3 is 13.1 Å². The summed E-state index contributed by atoms with van der Waals surface area (Å²) in [5, 5.41) is 15.0. The van der Waals surface area contributed by atoms with Gasteiger partial charge in [-0.3, -0.25) is 9.43 Å². The topological polar surface area (TPSA) is 70.8 Å². The number of amides is 2. The van der Waals surface area contributed by atoms with Gasteiger partial charge < -0.3 is 9.92 Å². The molecule has 2 amide bonds. The highest BCUT2D eigenvalue weighted by molar-refractivity contribution is 6.46. The van der Waals surface area contributed by atoms with Gasteiger partial charge in [0.15, 0.2) is 0 Å². The molecule has 2 aliphatic heterocycles. The third-order valence-corrected chi connectivity index (χ3v) is 3.61. The first-order valence-electron chi connectivity index (χ1n) is 6.85. The fourth-order valence-electron chi connectivity index (χ4n) is 2.58. The molecule has 7 nitrogen and oxygen atoms in total. The molecule has 3 rings (SSSR count). The average molecular weight is 288 g/mol. The maximum absolute atomic E-state index is 12.2. The Labute approximate surface area is 123 Å². The minimum atomic E-state index is -0.672. The lowest BCUT2D eigenvalue weighted by molar-refractivity contribution is -0.107. The number of nitrogens with zero attached hydrogens (tertiary/aromatic N) is 4. The van der Waals surface area contributed by atoms with Gasteiger partial charge in [0.05, 0.1) is 18.8 Å². The summed E-state index contributed by atoms with van der Waals surface area (Å²) in [4.78, 5) is 19.3. The zero-order chi connectivity index (χ0) is 15.0. The van der Waals surface area contributed by atoms with Gasteiger partial charge in [0.25, 0.3) is 0 Å². The maximum atomic E-state index is 12.2. The Morgan fingerprint density at radius 1 is 1.67 bits per heavy atom. The van der Waals surface area contributed by atoms with E-state index < -0.39 is 7.05 Å². The zero-order valence-electron chi connectivity index (χ0n) is 11.8. The molecular weight excluding hydrogens is 271 g/mol. The zero-order valence-corrected chi connectivity index (χ0v) is 11.8. The van der Waals surface area contributed by atoms with Crippen LogP contribution in [0.15, 0.2) is 31.1 Å². The van der Waals surface area contributed by atoms with Crippen molar-refractivity contribution in [2.75, 3.05) is 19.7 Å². The fraction of sp³-hybridized carbons (Fsp3) is 0.385. The van der Waals surface area contributed by atoms with Gasteiger partial charge in [-0.2, -0.15) is 10.2 Å². The average Bonchev–Trinajstić information content (AvgIpc) is 3.03. The molecule has 21 heavy (non-hydrogen) atoms. The first-order chi connectivity index (χ1) is 10.1. The van der Waals surface area contributed by atoms with Gasteiger partial charge in [-0.05, 0) is 12.4 Å². The summed E-state index contributed by atoms with van der Waals surface area (Å²) in [6, 6.07) is -0.230. The lowest BCUT2D eigenvalue weighted by atomic mass is 9.89. The van der Waals surface area contributed by atoms with Gasteiger partial charge in [-0.15, -0.1) is 6.58 Å². The highest BCUT2D eigenvalue weighted by Gasteiger charge is 2.41. The molecule has 0 aromatic carbocycles. The van der Waals surface area contributed by atoms with Crippen LogP contribution in [0.5, 0.6) is 0 Å². The molecule has 2 aliphatic rings. The van der Waals surface area contributed by atoms with E-state index in [0.29, 0.717) is 19.7 Å². The maximum Gasteiger partial charge on any atom is 0.431 e. The van der Waals surface area contributed by atoms with Crippen molar-refractivity contribution in [2.45, 2.75) is 12.9 Å². The Morgan fingerprint density at radius 2 is 2.48 bits per heavy atom. The van der Waals surface area contributed by atoms with E-state index in [1.54, 1.807) is 30.2 Å². The Kier molecular flexibility index (Phi) is 3.56.